The van der Waals surface area contributed by atoms with Crippen LogP contribution in [0.2, 0.25) is 0 Å². The van der Waals surface area contributed by atoms with E-state index < -0.39 is 17.2 Å². The summed E-state index contributed by atoms with van der Waals surface area (Å²) in [6.45, 7) is 5.67. The molecule has 2 aliphatic rings. The van der Waals surface area contributed by atoms with Crippen LogP contribution in [0.1, 0.15) is 55.5 Å². The van der Waals surface area contributed by atoms with Gasteiger partial charge >= 0.3 is 6.18 Å². The van der Waals surface area contributed by atoms with Crippen molar-refractivity contribution >= 4 is 5.91 Å². The van der Waals surface area contributed by atoms with Crippen molar-refractivity contribution in [3.05, 3.63) is 58.9 Å². The quantitative estimate of drug-likeness (QED) is 0.593. The SMILES string of the molecule is COc1ccc(CCN[C@@H]2CC[C@@](C(=O)N3CCc4ncc(C(F)(F)F)cc4C3)(C(C)C)C2)cc1. The molecule has 8 heteroatoms. The normalized spacial score (nSPS) is 22.4. The number of methoxy groups -OCH3 is 1. The van der Waals surface area contributed by atoms with E-state index in [4.69, 9.17) is 4.74 Å². The van der Waals surface area contributed by atoms with Gasteiger partial charge in [0.1, 0.15) is 5.75 Å². The molecule has 5 nitrogen and oxygen atoms in total. The van der Waals surface area contributed by atoms with Gasteiger partial charge in [-0.1, -0.05) is 26.0 Å². The number of benzene rings is 1. The Morgan fingerprint density at radius 1 is 1.29 bits per heavy atom. The molecule has 1 saturated carbocycles. The number of rotatable bonds is 7. The average molecular weight is 490 g/mol. The summed E-state index contributed by atoms with van der Waals surface area (Å²) in [5.74, 6) is 1.04. The van der Waals surface area contributed by atoms with Crippen molar-refractivity contribution in [2.24, 2.45) is 11.3 Å². The third-order valence-electron chi connectivity index (χ3n) is 7.74. The number of carbonyl (C=O) groups is 1. The van der Waals surface area contributed by atoms with Gasteiger partial charge in [-0.25, -0.2) is 0 Å². The largest absolute Gasteiger partial charge is 0.497 e. The lowest BCUT2D eigenvalue weighted by Crippen LogP contribution is -2.48. The van der Waals surface area contributed by atoms with Crippen LogP contribution < -0.4 is 10.1 Å². The summed E-state index contributed by atoms with van der Waals surface area (Å²) in [5, 5.41) is 3.63. The highest BCUT2D eigenvalue weighted by Crippen LogP contribution is 2.46. The zero-order chi connectivity index (χ0) is 25.2. The fourth-order valence-electron chi connectivity index (χ4n) is 5.50. The minimum absolute atomic E-state index is 0.0648. The van der Waals surface area contributed by atoms with E-state index in [1.165, 1.54) is 5.56 Å². The Balaban J connectivity index is 1.39. The van der Waals surface area contributed by atoms with Crippen LogP contribution in [0.4, 0.5) is 13.2 Å². The lowest BCUT2D eigenvalue weighted by Gasteiger charge is -2.39. The van der Waals surface area contributed by atoms with Gasteiger partial charge in [-0.3, -0.25) is 9.78 Å². The van der Waals surface area contributed by atoms with E-state index >= 15 is 0 Å². The van der Waals surface area contributed by atoms with Crippen LogP contribution in [0.5, 0.6) is 5.75 Å². The van der Waals surface area contributed by atoms with Crippen molar-refractivity contribution in [3.63, 3.8) is 0 Å². The predicted octanol–water partition coefficient (Wildman–Crippen LogP) is 5.02. The maximum Gasteiger partial charge on any atom is 0.417 e. The number of amides is 1. The van der Waals surface area contributed by atoms with Gasteiger partial charge in [-0.05, 0) is 67.5 Å². The summed E-state index contributed by atoms with van der Waals surface area (Å²) in [7, 11) is 1.65. The molecule has 0 radical (unpaired) electrons. The molecule has 1 aromatic heterocycles. The molecular weight excluding hydrogens is 455 g/mol. The maximum atomic E-state index is 13.8. The standard InChI is InChI=1S/C27H34F3N3O2/c1-18(2)26(11-8-22(15-26)31-12-9-19-4-6-23(35-3)7-5-19)25(34)33-13-10-24-20(17-33)14-21(16-32-24)27(28,29)30/h4-7,14,16,18,22,31H,8-13,15,17H2,1-3H3/t22-,26+/m1/s1. The van der Waals surface area contributed by atoms with Gasteiger partial charge in [-0.15, -0.1) is 0 Å². The number of alkyl halides is 3. The Bertz CT molecular complexity index is 1040. The van der Waals surface area contributed by atoms with E-state index in [2.05, 4.69) is 36.3 Å². The highest BCUT2D eigenvalue weighted by atomic mass is 19.4. The number of nitrogens with one attached hydrogen (secondary N) is 1. The van der Waals surface area contributed by atoms with E-state index in [0.29, 0.717) is 24.2 Å². The van der Waals surface area contributed by atoms with Gasteiger partial charge < -0.3 is 15.0 Å². The monoisotopic (exact) mass is 489 g/mol. The molecule has 190 valence electrons. The molecule has 2 atom stereocenters. The van der Waals surface area contributed by atoms with Gasteiger partial charge in [0.2, 0.25) is 5.91 Å². The highest BCUT2D eigenvalue weighted by molar-refractivity contribution is 5.83. The lowest BCUT2D eigenvalue weighted by atomic mass is 9.74. The fourth-order valence-corrected chi connectivity index (χ4v) is 5.50. The first kappa shape index (κ1) is 25.5. The zero-order valence-corrected chi connectivity index (χ0v) is 20.6. The number of pyridine rings is 1. The van der Waals surface area contributed by atoms with Crippen molar-refractivity contribution in [1.82, 2.24) is 15.2 Å². The molecule has 0 saturated heterocycles. The summed E-state index contributed by atoms with van der Waals surface area (Å²) < 4.78 is 44.7. The van der Waals surface area contributed by atoms with E-state index in [1.54, 1.807) is 12.0 Å². The summed E-state index contributed by atoms with van der Waals surface area (Å²) in [6.07, 6.45) is 0.271. The topological polar surface area (TPSA) is 54.5 Å². The van der Waals surface area contributed by atoms with Crippen LogP contribution in [0.3, 0.4) is 0 Å². The van der Waals surface area contributed by atoms with Crippen LogP contribution in [0, 0.1) is 11.3 Å². The Kier molecular flexibility index (Phi) is 7.40. The van der Waals surface area contributed by atoms with Gasteiger partial charge in [0, 0.05) is 37.4 Å². The number of hydrogen-bond donors (Lipinski definition) is 1. The molecule has 1 N–H and O–H groups in total. The van der Waals surface area contributed by atoms with Crippen molar-refractivity contribution in [3.8, 4) is 5.75 Å². The smallest absolute Gasteiger partial charge is 0.417 e. The number of aromatic nitrogens is 1. The van der Waals surface area contributed by atoms with Crippen molar-refractivity contribution < 1.29 is 22.7 Å². The first-order valence-corrected chi connectivity index (χ1v) is 12.3. The van der Waals surface area contributed by atoms with Crippen molar-refractivity contribution in [2.75, 3.05) is 20.2 Å². The molecule has 1 aromatic carbocycles. The maximum absolute atomic E-state index is 13.8. The predicted molar refractivity (Wildman–Crippen MR) is 128 cm³/mol. The second-order valence-electron chi connectivity index (χ2n) is 10.1. The minimum Gasteiger partial charge on any atom is -0.497 e. The molecule has 2 aromatic rings. The van der Waals surface area contributed by atoms with Crippen molar-refractivity contribution in [2.45, 2.75) is 64.7 Å². The van der Waals surface area contributed by atoms with Gasteiger partial charge in [0.25, 0.3) is 0 Å². The van der Waals surface area contributed by atoms with Gasteiger partial charge in [0.15, 0.2) is 0 Å². The number of nitrogens with zero attached hydrogens (tertiary/aromatic N) is 2. The lowest BCUT2D eigenvalue weighted by molar-refractivity contribution is -0.145. The summed E-state index contributed by atoms with van der Waals surface area (Å²) in [4.78, 5) is 19.6. The number of fused-ring (bicyclic) bond motifs is 1. The number of carbonyl (C=O) groups excluding carboxylic acids is 1. The molecular formula is C27H34F3N3O2. The summed E-state index contributed by atoms with van der Waals surface area (Å²) >= 11 is 0. The molecule has 0 spiro atoms. The average Bonchev–Trinajstić information content (AvgIpc) is 3.28. The van der Waals surface area contributed by atoms with Crippen LogP contribution in [0.25, 0.3) is 0 Å². The molecule has 1 aliphatic carbocycles. The third kappa shape index (κ3) is 5.47. The van der Waals surface area contributed by atoms with Crippen LogP contribution >= 0.6 is 0 Å². The first-order chi connectivity index (χ1) is 16.6. The molecule has 0 unspecified atom stereocenters. The molecule has 1 fully saturated rings. The molecule has 1 aliphatic heterocycles. The van der Waals surface area contributed by atoms with Crippen LogP contribution in [-0.2, 0) is 30.4 Å². The Hall–Kier alpha value is -2.61. The van der Waals surface area contributed by atoms with Gasteiger partial charge in [-0.2, -0.15) is 13.2 Å². The zero-order valence-electron chi connectivity index (χ0n) is 20.6. The Morgan fingerprint density at radius 3 is 2.69 bits per heavy atom. The summed E-state index contributed by atoms with van der Waals surface area (Å²) in [6, 6.07) is 9.43. The van der Waals surface area contributed by atoms with Crippen LogP contribution in [-0.4, -0.2) is 42.0 Å². The second-order valence-corrected chi connectivity index (χ2v) is 10.1. The first-order valence-electron chi connectivity index (χ1n) is 12.3. The highest BCUT2D eigenvalue weighted by Gasteiger charge is 2.49. The molecule has 0 bridgehead atoms. The summed E-state index contributed by atoms with van der Waals surface area (Å²) in [5.41, 5.74) is 1.13. The minimum atomic E-state index is -4.44. The molecule has 35 heavy (non-hydrogen) atoms. The van der Waals surface area contributed by atoms with Crippen molar-refractivity contribution in [1.29, 1.82) is 0 Å². The number of hydrogen-bond acceptors (Lipinski definition) is 4. The Labute approximate surface area is 205 Å². The van der Waals surface area contributed by atoms with Gasteiger partial charge in [0.05, 0.1) is 18.1 Å². The second kappa shape index (κ2) is 10.2. The number of halogens is 3. The van der Waals surface area contributed by atoms with E-state index in [-0.39, 0.29) is 24.4 Å². The number of ether oxygens (including phenoxy) is 1. The molecule has 4 rings (SSSR count). The molecule has 2 heterocycles. The van der Waals surface area contributed by atoms with E-state index in [0.717, 1.165) is 50.2 Å². The third-order valence-corrected chi connectivity index (χ3v) is 7.74. The van der Waals surface area contributed by atoms with E-state index in [1.807, 2.05) is 12.1 Å². The molecule has 1 amide bonds. The fraction of sp³-hybridized carbons (Fsp3) is 0.556. The van der Waals surface area contributed by atoms with E-state index in [9.17, 15) is 18.0 Å². The Morgan fingerprint density at radius 2 is 2.03 bits per heavy atom. The van der Waals surface area contributed by atoms with Crippen LogP contribution in [0.15, 0.2) is 36.5 Å².